The van der Waals surface area contributed by atoms with Crippen molar-refractivity contribution in [2.75, 3.05) is 30.1 Å². The molecule has 2 amide bonds. The minimum Gasteiger partial charge on any atom is -0.390 e. The van der Waals surface area contributed by atoms with Gasteiger partial charge >= 0.3 is 0 Å². The molecule has 0 aliphatic heterocycles. The summed E-state index contributed by atoms with van der Waals surface area (Å²) in [6.45, 7) is 9.11. The summed E-state index contributed by atoms with van der Waals surface area (Å²) < 4.78 is 56.0. The number of hydrogen-bond donors (Lipinski definition) is 4. The van der Waals surface area contributed by atoms with E-state index in [4.69, 9.17) is 0 Å². The van der Waals surface area contributed by atoms with Gasteiger partial charge in [0.05, 0.1) is 23.6 Å². The lowest BCUT2D eigenvalue weighted by Crippen LogP contribution is -2.48. The van der Waals surface area contributed by atoms with E-state index < -0.39 is 39.7 Å². The average molecular weight is 687 g/mol. The maximum absolute atomic E-state index is 14.1. The normalized spacial score (nSPS) is 12.7. The lowest BCUT2D eigenvalue weighted by molar-refractivity contribution is 0.0755. The number of nitrogens with one attached hydrogen (secondary N) is 3. The van der Waals surface area contributed by atoms with Crippen molar-refractivity contribution in [2.45, 2.75) is 78.5 Å². The van der Waals surface area contributed by atoms with Gasteiger partial charge in [0, 0.05) is 43.4 Å². The molecule has 0 aliphatic rings. The molecule has 48 heavy (non-hydrogen) atoms. The van der Waals surface area contributed by atoms with Crippen LogP contribution in [-0.2, 0) is 29.4 Å². The fourth-order valence-corrected chi connectivity index (χ4v) is 6.58. The lowest BCUT2D eigenvalue weighted by Gasteiger charge is -2.26. The summed E-state index contributed by atoms with van der Waals surface area (Å²) in [4.78, 5) is 29.0. The van der Waals surface area contributed by atoms with E-state index in [0.717, 1.165) is 35.7 Å². The number of aliphatic hydroxyl groups excluding tert-OH is 1. The van der Waals surface area contributed by atoms with Crippen LogP contribution in [0, 0.1) is 11.6 Å². The molecule has 0 aromatic heterocycles. The summed E-state index contributed by atoms with van der Waals surface area (Å²) in [7, 11) is -3.76. The second-order valence-corrected chi connectivity index (χ2v) is 13.8. The van der Waals surface area contributed by atoms with Crippen molar-refractivity contribution in [2.24, 2.45) is 0 Å². The van der Waals surface area contributed by atoms with E-state index in [0.29, 0.717) is 38.9 Å². The van der Waals surface area contributed by atoms with Crippen LogP contribution in [0.5, 0.6) is 0 Å². The van der Waals surface area contributed by atoms with Crippen molar-refractivity contribution in [1.82, 2.24) is 15.5 Å². The highest BCUT2D eigenvalue weighted by atomic mass is 32.2. The Bertz CT molecular complexity index is 1610. The molecule has 9 nitrogen and oxygen atoms in total. The number of nitrogens with zero attached hydrogens (tertiary/aromatic N) is 1. The fraction of sp³-hybridized carbons (Fsp3) is 0.444. The second kappa shape index (κ2) is 18.6. The predicted molar refractivity (Wildman–Crippen MR) is 185 cm³/mol. The van der Waals surface area contributed by atoms with Crippen LogP contribution in [0.1, 0.15) is 84.4 Å². The van der Waals surface area contributed by atoms with Crippen LogP contribution in [0.3, 0.4) is 0 Å². The molecule has 0 unspecified atom stereocenters. The molecule has 0 aliphatic carbocycles. The Morgan fingerprint density at radius 1 is 0.833 bits per heavy atom. The van der Waals surface area contributed by atoms with Gasteiger partial charge < -0.3 is 20.6 Å². The molecular formula is C36H48F2N4O5S. The first-order valence-corrected chi connectivity index (χ1v) is 18.2. The zero-order chi connectivity index (χ0) is 35.3. The summed E-state index contributed by atoms with van der Waals surface area (Å²) >= 11 is 0. The smallest absolute Gasteiger partial charge is 0.253 e. The monoisotopic (exact) mass is 686 g/mol. The number of carbonyl (C=O) groups excluding carboxylic acids is 2. The highest BCUT2D eigenvalue weighted by Crippen LogP contribution is 2.20. The molecule has 3 aromatic rings. The van der Waals surface area contributed by atoms with Crippen LogP contribution in [-0.4, -0.2) is 67.8 Å². The molecule has 0 heterocycles. The minimum absolute atomic E-state index is 0.0186. The number of anilines is 1. The quantitative estimate of drug-likeness (QED) is 0.133. The molecule has 2 atom stereocenters. The van der Waals surface area contributed by atoms with Gasteiger partial charge in [0.25, 0.3) is 11.8 Å². The molecule has 262 valence electrons. The van der Waals surface area contributed by atoms with Gasteiger partial charge in [0.1, 0.15) is 11.6 Å². The summed E-state index contributed by atoms with van der Waals surface area (Å²) in [5.41, 5.74) is 2.55. The molecule has 12 heteroatoms. The highest BCUT2D eigenvalue weighted by Gasteiger charge is 2.25. The third kappa shape index (κ3) is 12.0. The van der Waals surface area contributed by atoms with Crippen LogP contribution in [0.25, 0.3) is 0 Å². The number of halogens is 2. The Kier molecular flexibility index (Phi) is 15.0. The first kappa shape index (κ1) is 38.6. The minimum atomic E-state index is -3.76. The van der Waals surface area contributed by atoms with E-state index in [9.17, 15) is 31.9 Å². The number of hydrogen-bond acceptors (Lipinski definition) is 6. The van der Waals surface area contributed by atoms with Gasteiger partial charge in [-0.2, -0.15) is 0 Å². The van der Waals surface area contributed by atoms with Gasteiger partial charge in [0.15, 0.2) is 0 Å². The summed E-state index contributed by atoms with van der Waals surface area (Å²) in [5.74, 6) is -2.80. The SMILES string of the molecule is CCCN(CCC)C(=O)c1cc(NS(=O)(=O)CCC)cc(C(=O)N[C@@H](Cc2cc(F)cc(F)c2)[C@H](O)CNCc2cccc(CC)c2)c1. The topological polar surface area (TPSA) is 128 Å². The molecule has 0 spiro atoms. The van der Waals surface area contributed by atoms with E-state index in [1.165, 1.54) is 18.2 Å². The van der Waals surface area contributed by atoms with Crippen molar-refractivity contribution in [3.05, 3.63) is 100 Å². The maximum Gasteiger partial charge on any atom is 0.253 e. The van der Waals surface area contributed by atoms with Crippen molar-refractivity contribution >= 4 is 27.5 Å². The second-order valence-electron chi connectivity index (χ2n) is 11.9. The number of aryl methyl sites for hydroxylation is 1. The Balaban J connectivity index is 1.94. The number of rotatable bonds is 19. The third-order valence-corrected chi connectivity index (χ3v) is 9.20. The Hall–Kier alpha value is -3.87. The van der Waals surface area contributed by atoms with Crippen LogP contribution in [0.15, 0.2) is 60.7 Å². The van der Waals surface area contributed by atoms with Gasteiger partial charge in [-0.05, 0) is 79.1 Å². The molecule has 3 rings (SSSR count). The van der Waals surface area contributed by atoms with Crippen LogP contribution >= 0.6 is 0 Å². The first-order chi connectivity index (χ1) is 22.9. The van der Waals surface area contributed by atoms with E-state index in [2.05, 4.69) is 28.3 Å². The number of carbonyl (C=O) groups is 2. The molecule has 3 aromatic carbocycles. The third-order valence-electron chi connectivity index (χ3n) is 7.70. The van der Waals surface area contributed by atoms with E-state index >= 15 is 0 Å². The average Bonchev–Trinajstić information content (AvgIpc) is 3.03. The van der Waals surface area contributed by atoms with Gasteiger partial charge in [-0.3, -0.25) is 14.3 Å². The first-order valence-electron chi connectivity index (χ1n) is 16.5. The van der Waals surface area contributed by atoms with Crippen molar-refractivity contribution in [3.63, 3.8) is 0 Å². The molecular weight excluding hydrogens is 638 g/mol. The number of aliphatic hydroxyl groups is 1. The van der Waals surface area contributed by atoms with Gasteiger partial charge in [-0.25, -0.2) is 17.2 Å². The van der Waals surface area contributed by atoms with Gasteiger partial charge in [0.2, 0.25) is 10.0 Å². The molecule has 0 fully saturated rings. The van der Waals surface area contributed by atoms with Crippen molar-refractivity contribution < 1.29 is 31.9 Å². The Morgan fingerprint density at radius 3 is 2.10 bits per heavy atom. The van der Waals surface area contributed by atoms with Gasteiger partial charge in [-0.15, -0.1) is 0 Å². The standard InChI is InChI=1S/C36H48F2N4O5S/c1-5-12-42(13-6-2)36(45)29-19-28(20-32(21-29)41-48(46,47)14-7-3)35(44)40-33(18-27-16-30(37)22-31(38)17-27)34(43)24-39-23-26-11-9-10-25(8-4)15-26/h9-11,15-17,19-22,33-34,39,41,43H,5-8,12-14,18,23-24H2,1-4H3,(H,40,44)/t33-,34+/m0/s1. The van der Waals surface area contributed by atoms with Crippen LogP contribution < -0.4 is 15.4 Å². The molecule has 4 N–H and O–H groups in total. The van der Waals surface area contributed by atoms with E-state index in [-0.39, 0.29) is 47.0 Å². The van der Waals surface area contributed by atoms with Gasteiger partial charge in [-0.1, -0.05) is 52.0 Å². The predicted octanol–water partition coefficient (Wildman–Crippen LogP) is 5.43. The summed E-state index contributed by atoms with van der Waals surface area (Å²) in [5, 5.41) is 17.2. The molecule has 0 saturated carbocycles. The molecule has 0 bridgehead atoms. The zero-order valence-electron chi connectivity index (χ0n) is 28.2. The largest absolute Gasteiger partial charge is 0.390 e. The highest BCUT2D eigenvalue weighted by molar-refractivity contribution is 7.92. The zero-order valence-corrected chi connectivity index (χ0v) is 29.0. The summed E-state index contributed by atoms with van der Waals surface area (Å²) in [6, 6.07) is 14.1. The lowest BCUT2D eigenvalue weighted by atomic mass is 9.99. The van der Waals surface area contributed by atoms with E-state index in [1.54, 1.807) is 11.8 Å². The van der Waals surface area contributed by atoms with E-state index in [1.807, 2.05) is 32.0 Å². The fourth-order valence-electron chi connectivity index (χ4n) is 5.46. The number of amides is 2. The van der Waals surface area contributed by atoms with Crippen molar-refractivity contribution in [1.29, 1.82) is 0 Å². The summed E-state index contributed by atoms with van der Waals surface area (Å²) in [6.07, 6.45) is 1.36. The van der Waals surface area contributed by atoms with Crippen LogP contribution in [0.2, 0.25) is 0 Å². The van der Waals surface area contributed by atoms with Crippen LogP contribution in [0.4, 0.5) is 14.5 Å². The molecule has 0 radical (unpaired) electrons. The Morgan fingerprint density at radius 2 is 1.48 bits per heavy atom. The Labute approximate surface area is 283 Å². The molecule has 0 saturated heterocycles. The number of sulfonamides is 1. The van der Waals surface area contributed by atoms with Crippen molar-refractivity contribution in [3.8, 4) is 0 Å². The number of benzene rings is 3. The maximum atomic E-state index is 14.1.